The Morgan fingerprint density at radius 2 is 2.00 bits per heavy atom. The smallest absolute Gasteiger partial charge is 0.284 e. The van der Waals surface area contributed by atoms with Crippen LogP contribution < -0.4 is 4.72 Å². The third-order valence-corrected chi connectivity index (χ3v) is 4.49. The van der Waals surface area contributed by atoms with Gasteiger partial charge >= 0.3 is 6.18 Å². The monoisotopic (exact) mass is 335 g/mol. The van der Waals surface area contributed by atoms with Crippen molar-refractivity contribution in [2.45, 2.75) is 32.4 Å². The Kier molecular flexibility index (Phi) is 4.64. The minimum absolute atomic E-state index is 0.0591. The van der Waals surface area contributed by atoms with Gasteiger partial charge in [-0.2, -0.15) is 18.3 Å². The van der Waals surface area contributed by atoms with Gasteiger partial charge in [0.15, 0.2) is 5.69 Å². The lowest BCUT2D eigenvalue weighted by Crippen LogP contribution is -2.16. The average Bonchev–Trinajstić information content (AvgIpc) is 2.81. The van der Waals surface area contributed by atoms with Crippen molar-refractivity contribution in [3.8, 4) is 0 Å². The van der Waals surface area contributed by atoms with Crippen molar-refractivity contribution in [1.29, 1.82) is 0 Å². The van der Waals surface area contributed by atoms with Gasteiger partial charge in [-0.05, 0) is 24.6 Å². The molecule has 1 aromatic heterocycles. The fourth-order valence-corrected chi connectivity index (χ4v) is 3.24. The molecule has 2 rings (SSSR count). The molecule has 22 heavy (non-hydrogen) atoms. The summed E-state index contributed by atoms with van der Waals surface area (Å²) in [5.74, 6) is -0.0591. The van der Waals surface area contributed by atoms with Crippen LogP contribution in [-0.2, 0) is 16.2 Å². The summed E-state index contributed by atoms with van der Waals surface area (Å²) in [7, 11) is -3.57. The van der Waals surface area contributed by atoms with Gasteiger partial charge in [-0.25, -0.2) is 8.42 Å². The fraction of sp³-hybridized carbons (Fsp3) is 0.462. The molecule has 0 radical (unpaired) electrons. The minimum Gasteiger partial charge on any atom is -0.284 e. The molecule has 0 atom stereocenters. The number of halogens is 3. The zero-order valence-electron chi connectivity index (χ0n) is 11.9. The fourth-order valence-electron chi connectivity index (χ4n) is 2.07. The van der Waals surface area contributed by atoms with Crippen molar-refractivity contribution in [3.05, 3.63) is 23.9 Å². The van der Waals surface area contributed by atoms with Crippen molar-refractivity contribution in [2.24, 2.45) is 0 Å². The summed E-state index contributed by atoms with van der Waals surface area (Å²) in [6.07, 6.45) is -2.43. The highest BCUT2D eigenvalue weighted by Gasteiger charge is 2.35. The third kappa shape index (κ3) is 3.90. The van der Waals surface area contributed by atoms with Crippen LogP contribution in [0.15, 0.2) is 18.2 Å². The van der Waals surface area contributed by atoms with Crippen LogP contribution in [0.5, 0.6) is 0 Å². The maximum atomic E-state index is 12.8. The minimum atomic E-state index is -4.60. The quantitative estimate of drug-likeness (QED) is 0.793. The normalized spacial score (nSPS) is 12.7. The second-order valence-electron chi connectivity index (χ2n) is 4.96. The van der Waals surface area contributed by atoms with E-state index in [2.05, 4.69) is 14.9 Å². The number of benzene rings is 1. The van der Waals surface area contributed by atoms with E-state index in [-0.39, 0.29) is 22.3 Å². The summed E-state index contributed by atoms with van der Waals surface area (Å²) >= 11 is 0. The van der Waals surface area contributed by atoms with E-state index in [0.717, 1.165) is 18.9 Å². The number of unbranched alkanes of at least 4 members (excludes halogenated alkanes) is 2. The van der Waals surface area contributed by atoms with E-state index in [0.29, 0.717) is 6.42 Å². The summed E-state index contributed by atoms with van der Waals surface area (Å²) in [6.45, 7) is 1.95. The van der Waals surface area contributed by atoms with Gasteiger partial charge < -0.3 is 0 Å². The van der Waals surface area contributed by atoms with E-state index in [9.17, 15) is 21.6 Å². The van der Waals surface area contributed by atoms with E-state index in [4.69, 9.17) is 0 Å². The molecular weight excluding hydrogens is 319 g/mol. The van der Waals surface area contributed by atoms with E-state index in [1.807, 2.05) is 6.92 Å². The standard InChI is InChI=1S/C13H16F3N3O2S/c1-2-3-4-7-22(20,21)19-9-5-6-11-10(8-9)12(18-17-11)13(14,15)16/h5-6,8,19H,2-4,7H2,1H3,(H,17,18). The number of H-pyrrole nitrogens is 1. The molecule has 5 nitrogen and oxygen atoms in total. The zero-order valence-corrected chi connectivity index (χ0v) is 12.7. The Balaban J connectivity index is 2.26. The van der Waals surface area contributed by atoms with Crippen LogP contribution in [0.25, 0.3) is 10.9 Å². The first-order chi connectivity index (χ1) is 10.2. The number of nitrogens with zero attached hydrogens (tertiary/aromatic N) is 1. The maximum Gasteiger partial charge on any atom is 0.435 e. The molecular formula is C13H16F3N3O2S. The second-order valence-corrected chi connectivity index (χ2v) is 6.80. The highest BCUT2D eigenvalue weighted by molar-refractivity contribution is 7.92. The number of hydrogen-bond acceptors (Lipinski definition) is 3. The van der Waals surface area contributed by atoms with E-state index >= 15 is 0 Å². The Morgan fingerprint density at radius 3 is 2.64 bits per heavy atom. The number of alkyl halides is 3. The van der Waals surface area contributed by atoms with Crippen LogP contribution in [0.4, 0.5) is 18.9 Å². The maximum absolute atomic E-state index is 12.8. The summed E-state index contributed by atoms with van der Waals surface area (Å²) in [5, 5.41) is 5.35. The number of sulfonamides is 1. The van der Waals surface area contributed by atoms with Gasteiger partial charge in [0, 0.05) is 11.1 Å². The van der Waals surface area contributed by atoms with Crippen LogP contribution in [0.2, 0.25) is 0 Å². The molecule has 2 N–H and O–H groups in total. The Hall–Kier alpha value is -1.77. The highest BCUT2D eigenvalue weighted by atomic mass is 32.2. The average molecular weight is 335 g/mol. The Morgan fingerprint density at radius 1 is 1.27 bits per heavy atom. The summed E-state index contributed by atoms with van der Waals surface area (Å²) in [4.78, 5) is 0. The predicted molar refractivity (Wildman–Crippen MR) is 78.0 cm³/mol. The van der Waals surface area contributed by atoms with Crippen molar-refractivity contribution in [1.82, 2.24) is 10.2 Å². The Bertz CT molecular complexity index is 753. The van der Waals surface area contributed by atoms with Crippen LogP contribution in [0, 0.1) is 0 Å². The number of aromatic amines is 1. The largest absolute Gasteiger partial charge is 0.435 e. The lowest BCUT2D eigenvalue weighted by atomic mass is 10.2. The molecule has 0 unspecified atom stereocenters. The first-order valence-electron chi connectivity index (χ1n) is 6.79. The molecule has 0 saturated carbocycles. The number of anilines is 1. The van der Waals surface area contributed by atoms with Gasteiger partial charge in [-0.1, -0.05) is 19.8 Å². The van der Waals surface area contributed by atoms with E-state index in [1.165, 1.54) is 12.1 Å². The molecule has 0 saturated heterocycles. The van der Waals surface area contributed by atoms with E-state index in [1.54, 1.807) is 0 Å². The number of fused-ring (bicyclic) bond motifs is 1. The van der Waals surface area contributed by atoms with Gasteiger partial charge in [0.25, 0.3) is 0 Å². The highest BCUT2D eigenvalue weighted by Crippen LogP contribution is 2.34. The Labute approximate surface area is 126 Å². The summed E-state index contributed by atoms with van der Waals surface area (Å²) in [5.41, 5.74) is -0.772. The first kappa shape index (κ1) is 16.6. The van der Waals surface area contributed by atoms with Crippen LogP contribution in [0.3, 0.4) is 0 Å². The number of aromatic nitrogens is 2. The van der Waals surface area contributed by atoms with Crippen molar-refractivity contribution in [2.75, 3.05) is 10.5 Å². The molecule has 1 aromatic carbocycles. The van der Waals surface area contributed by atoms with Crippen LogP contribution in [-0.4, -0.2) is 24.4 Å². The number of rotatable bonds is 6. The zero-order chi connectivity index (χ0) is 16.4. The molecule has 0 spiro atoms. The van der Waals surface area contributed by atoms with Crippen LogP contribution >= 0.6 is 0 Å². The molecule has 1 heterocycles. The molecule has 0 aliphatic carbocycles. The predicted octanol–water partition coefficient (Wildman–Crippen LogP) is 3.51. The van der Waals surface area contributed by atoms with Crippen molar-refractivity contribution >= 4 is 26.6 Å². The van der Waals surface area contributed by atoms with Crippen LogP contribution in [0.1, 0.15) is 31.9 Å². The lowest BCUT2D eigenvalue weighted by Gasteiger charge is -2.08. The topological polar surface area (TPSA) is 74.8 Å². The molecule has 0 aliphatic rings. The summed E-state index contributed by atoms with van der Waals surface area (Å²) in [6, 6.07) is 3.90. The van der Waals surface area contributed by atoms with Gasteiger partial charge in [0.05, 0.1) is 11.3 Å². The third-order valence-electron chi connectivity index (χ3n) is 3.12. The lowest BCUT2D eigenvalue weighted by molar-refractivity contribution is -0.139. The van der Waals surface area contributed by atoms with Gasteiger partial charge in [-0.3, -0.25) is 9.82 Å². The molecule has 0 bridgehead atoms. The summed E-state index contributed by atoms with van der Waals surface area (Å²) < 4.78 is 64.5. The van der Waals surface area contributed by atoms with Gasteiger partial charge in [0.1, 0.15) is 0 Å². The molecule has 122 valence electrons. The molecule has 9 heteroatoms. The van der Waals surface area contributed by atoms with Crippen molar-refractivity contribution in [3.63, 3.8) is 0 Å². The van der Waals surface area contributed by atoms with E-state index < -0.39 is 21.9 Å². The molecule has 2 aromatic rings. The van der Waals surface area contributed by atoms with Crippen molar-refractivity contribution < 1.29 is 21.6 Å². The number of nitrogens with one attached hydrogen (secondary N) is 2. The SMILES string of the molecule is CCCCCS(=O)(=O)Nc1ccc2[nH]nc(C(F)(F)F)c2c1. The second kappa shape index (κ2) is 6.15. The molecule has 0 amide bonds. The molecule has 0 fully saturated rings. The first-order valence-corrected chi connectivity index (χ1v) is 8.44. The molecule has 0 aliphatic heterocycles. The van der Waals surface area contributed by atoms with Gasteiger partial charge in [0.2, 0.25) is 10.0 Å². The van der Waals surface area contributed by atoms with Gasteiger partial charge in [-0.15, -0.1) is 0 Å². The number of hydrogen-bond donors (Lipinski definition) is 2.